The minimum Gasteiger partial charge on any atom is -0.481 e. The Bertz CT molecular complexity index is 691. The van der Waals surface area contributed by atoms with Crippen LogP contribution in [0.15, 0.2) is 24.3 Å². The number of hydrogen-bond acceptors (Lipinski definition) is 5. The monoisotopic (exact) mass is 359 g/mol. The molecule has 7 nitrogen and oxygen atoms in total. The van der Waals surface area contributed by atoms with E-state index >= 15 is 0 Å². The molecule has 1 heterocycles. The van der Waals surface area contributed by atoms with Crippen LogP contribution in [0.2, 0.25) is 0 Å². The van der Waals surface area contributed by atoms with Gasteiger partial charge in [-0.1, -0.05) is 5.92 Å². The second-order valence-electron chi connectivity index (χ2n) is 6.45. The van der Waals surface area contributed by atoms with Gasteiger partial charge in [0.1, 0.15) is 12.4 Å². The van der Waals surface area contributed by atoms with Crippen LogP contribution >= 0.6 is 0 Å². The smallest absolute Gasteiger partial charge is 0.251 e. The highest BCUT2D eigenvalue weighted by Crippen LogP contribution is 2.20. The van der Waals surface area contributed by atoms with E-state index in [2.05, 4.69) is 22.1 Å². The molecule has 0 radical (unpaired) electrons. The quantitative estimate of drug-likeness (QED) is 0.401. The molecule has 1 aromatic carbocycles. The molecule has 1 aliphatic heterocycles. The first-order chi connectivity index (χ1) is 12.5. The van der Waals surface area contributed by atoms with Gasteiger partial charge in [-0.25, -0.2) is 5.48 Å². The number of nitrogens with one attached hydrogen (secondary N) is 2. The van der Waals surface area contributed by atoms with Gasteiger partial charge in [-0.15, -0.1) is 5.92 Å². The van der Waals surface area contributed by atoms with Gasteiger partial charge in [-0.3, -0.25) is 19.7 Å². The molecule has 7 heteroatoms. The molecule has 1 aliphatic rings. The van der Waals surface area contributed by atoms with Gasteiger partial charge in [-0.05, 0) is 45.0 Å². The Balaban J connectivity index is 2.02. The van der Waals surface area contributed by atoms with E-state index in [0.717, 1.165) is 0 Å². The summed E-state index contributed by atoms with van der Waals surface area (Å²) in [7, 11) is 0. The SMILES string of the molecule is CC#CCOc1ccc(C(=O)N[C@@H]2CN(C(C)C)C[C@@H]2C(=O)NO)cc1. The summed E-state index contributed by atoms with van der Waals surface area (Å²) < 4.78 is 5.43. The molecule has 1 aromatic rings. The van der Waals surface area contributed by atoms with Crippen LogP contribution in [0.4, 0.5) is 0 Å². The standard InChI is InChI=1S/C19H25N3O4/c1-4-5-10-26-15-8-6-14(7-9-15)18(23)20-17-12-22(13(2)3)11-16(17)19(24)21-25/h6-9,13,16-17,25H,10-12H2,1-3H3,(H,20,23)(H,21,24)/t16-,17+/m0/s1. The number of ether oxygens (including phenoxy) is 1. The summed E-state index contributed by atoms with van der Waals surface area (Å²) in [6, 6.07) is 6.63. The van der Waals surface area contributed by atoms with E-state index in [1.54, 1.807) is 36.7 Å². The maximum Gasteiger partial charge on any atom is 0.251 e. The average Bonchev–Trinajstić information content (AvgIpc) is 3.06. The van der Waals surface area contributed by atoms with Crippen molar-refractivity contribution in [2.24, 2.45) is 5.92 Å². The van der Waals surface area contributed by atoms with Crippen molar-refractivity contribution < 1.29 is 19.5 Å². The lowest BCUT2D eigenvalue weighted by Crippen LogP contribution is -2.45. The molecule has 1 fully saturated rings. The molecule has 0 aromatic heterocycles. The summed E-state index contributed by atoms with van der Waals surface area (Å²) >= 11 is 0. The van der Waals surface area contributed by atoms with Crippen LogP contribution in [0, 0.1) is 17.8 Å². The highest BCUT2D eigenvalue weighted by molar-refractivity contribution is 5.95. The Morgan fingerprint density at radius 1 is 1.31 bits per heavy atom. The predicted octanol–water partition coefficient (Wildman–Crippen LogP) is 1.03. The molecule has 2 rings (SSSR count). The number of hydrogen-bond donors (Lipinski definition) is 3. The number of carbonyl (C=O) groups excluding carboxylic acids is 2. The second kappa shape index (κ2) is 9.22. The maximum absolute atomic E-state index is 12.5. The molecule has 0 unspecified atom stereocenters. The summed E-state index contributed by atoms with van der Waals surface area (Å²) in [6.07, 6.45) is 0. The van der Waals surface area contributed by atoms with E-state index < -0.39 is 11.8 Å². The fourth-order valence-corrected chi connectivity index (χ4v) is 2.90. The lowest BCUT2D eigenvalue weighted by molar-refractivity contribution is -0.133. The largest absolute Gasteiger partial charge is 0.481 e. The van der Waals surface area contributed by atoms with Crippen LogP contribution in [0.25, 0.3) is 0 Å². The van der Waals surface area contributed by atoms with Crippen molar-refractivity contribution in [2.75, 3.05) is 19.7 Å². The lowest BCUT2D eigenvalue weighted by atomic mass is 10.0. The van der Waals surface area contributed by atoms with Crippen LogP contribution in [0.3, 0.4) is 0 Å². The third kappa shape index (κ3) is 4.97. The number of nitrogens with zero attached hydrogens (tertiary/aromatic N) is 1. The number of carbonyl (C=O) groups is 2. The predicted molar refractivity (Wildman–Crippen MR) is 96.8 cm³/mol. The van der Waals surface area contributed by atoms with Crippen molar-refractivity contribution in [3.8, 4) is 17.6 Å². The summed E-state index contributed by atoms with van der Waals surface area (Å²) in [5, 5.41) is 11.9. The molecule has 26 heavy (non-hydrogen) atoms. The van der Waals surface area contributed by atoms with Crippen LogP contribution < -0.4 is 15.5 Å². The second-order valence-corrected chi connectivity index (χ2v) is 6.45. The van der Waals surface area contributed by atoms with Crippen LogP contribution in [-0.4, -0.2) is 53.7 Å². The third-order valence-corrected chi connectivity index (χ3v) is 4.45. The molecule has 0 aliphatic carbocycles. The zero-order valence-electron chi connectivity index (χ0n) is 15.3. The van der Waals surface area contributed by atoms with E-state index in [-0.39, 0.29) is 18.0 Å². The van der Waals surface area contributed by atoms with Gasteiger partial charge in [0.05, 0.1) is 12.0 Å². The molecule has 2 atom stereocenters. The first-order valence-electron chi connectivity index (χ1n) is 8.57. The average molecular weight is 359 g/mol. The highest BCUT2D eigenvalue weighted by Gasteiger charge is 2.39. The Hall–Kier alpha value is -2.56. The van der Waals surface area contributed by atoms with Crippen LogP contribution in [-0.2, 0) is 4.79 Å². The lowest BCUT2D eigenvalue weighted by Gasteiger charge is -2.20. The summed E-state index contributed by atoms with van der Waals surface area (Å²) in [5.41, 5.74) is 2.17. The maximum atomic E-state index is 12.5. The molecule has 3 N–H and O–H groups in total. The number of likely N-dealkylation sites (tertiary alicyclic amines) is 1. The Kier molecular flexibility index (Phi) is 7.01. The summed E-state index contributed by atoms with van der Waals surface area (Å²) in [6.45, 7) is 7.13. The van der Waals surface area contributed by atoms with E-state index in [1.807, 2.05) is 13.8 Å². The van der Waals surface area contributed by atoms with Crippen LogP contribution in [0.5, 0.6) is 5.75 Å². The highest BCUT2D eigenvalue weighted by atomic mass is 16.5. The fraction of sp³-hybridized carbons (Fsp3) is 0.474. The number of benzene rings is 1. The van der Waals surface area contributed by atoms with E-state index in [4.69, 9.17) is 9.94 Å². The van der Waals surface area contributed by atoms with Crippen LogP contribution in [0.1, 0.15) is 31.1 Å². The van der Waals surface area contributed by atoms with Crippen molar-refractivity contribution in [3.63, 3.8) is 0 Å². The first kappa shape index (κ1) is 19.8. The molecule has 0 saturated carbocycles. The number of amides is 2. The van der Waals surface area contributed by atoms with Crippen molar-refractivity contribution in [3.05, 3.63) is 29.8 Å². The molecule has 140 valence electrons. The molecule has 0 spiro atoms. The number of rotatable bonds is 6. The molecule has 0 bridgehead atoms. The van der Waals surface area contributed by atoms with Gasteiger partial charge in [0.25, 0.3) is 5.91 Å². The normalized spacial score (nSPS) is 19.6. The molecular formula is C19H25N3O4. The van der Waals surface area contributed by atoms with Crippen molar-refractivity contribution in [2.45, 2.75) is 32.9 Å². The van der Waals surface area contributed by atoms with E-state index in [9.17, 15) is 9.59 Å². The number of hydroxylamine groups is 1. The summed E-state index contributed by atoms with van der Waals surface area (Å²) in [4.78, 5) is 26.5. The van der Waals surface area contributed by atoms with Gasteiger partial charge in [-0.2, -0.15) is 0 Å². The third-order valence-electron chi connectivity index (χ3n) is 4.45. The Morgan fingerprint density at radius 3 is 2.58 bits per heavy atom. The van der Waals surface area contributed by atoms with Crippen molar-refractivity contribution in [1.29, 1.82) is 0 Å². The Morgan fingerprint density at radius 2 is 2.00 bits per heavy atom. The molecule has 2 amide bonds. The Labute approximate surface area is 153 Å². The first-order valence-corrected chi connectivity index (χ1v) is 8.57. The van der Waals surface area contributed by atoms with Gasteiger partial charge < -0.3 is 10.1 Å². The zero-order chi connectivity index (χ0) is 19.1. The minimum absolute atomic E-state index is 0.244. The van der Waals surface area contributed by atoms with Gasteiger partial charge in [0, 0.05) is 24.7 Å². The van der Waals surface area contributed by atoms with E-state index in [1.165, 1.54) is 0 Å². The van der Waals surface area contributed by atoms with Crippen molar-refractivity contribution in [1.82, 2.24) is 15.7 Å². The topological polar surface area (TPSA) is 90.9 Å². The van der Waals surface area contributed by atoms with E-state index in [0.29, 0.717) is 31.0 Å². The van der Waals surface area contributed by atoms with Gasteiger partial charge in [0.15, 0.2) is 0 Å². The van der Waals surface area contributed by atoms with Crippen molar-refractivity contribution >= 4 is 11.8 Å². The van der Waals surface area contributed by atoms with Gasteiger partial charge in [0.2, 0.25) is 5.91 Å². The zero-order valence-corrected chi connectivity index (χ0v) is 15.3. The summed E-state index contributed by atoms with van der Waals surface area (Å²) in [5.74, 6) is 4.93. The van der Waals surface area contributed by atoms with Gasteiger partial charge >= 0.3 is 0 Å². The molecular weight excluding hydrogens is 334 g/mol. The minimum atomic E-state index is -0.499. The fourth-order valence-electron chi connectivity index (χ4n) is 2.90. The molecule has 1 saturated heterocycles.